The van der Waals surface area contributed by atoms with E-state index < -0.39 is 0 Å². The van der Waals surface area contributed by atoms with E-state index in [0.717, 1.165) is 0 Å². The van der Waals surface area contributed by atoms with Crippen molar-refractivity contribution in [3.63, 3.8) is 0 Å². The van der Waals surface area contributed by atoms with Gasteiger partial charge in [-0.25, -0.2) is 0 Å². The first kappa shape index (κ1) is 25.2. The van der Waals surface area contributed by atoms with Crippen LogP contribution in [0.15, 0.2) is 33.1 Å². The molecule has 0 bridgehead atoms. The Morgan fingerprint density at radius 2 is 1.30 bits per heavy atom. The highest BCUT2D eigenvalue weighted by atomic mass is 19.1. The Hall–Kier alpha value is -2.72. The lowest BCUT2D eigenvalue weighted by Crippen LogP contribution is -1.74. The molecule has 2 aromatic heterocycles. The molecule has 132 valence electrons. The van der Waals surface area contributed by atoms with Crippen molar-refractivity contribution in [1.82, 2.24) is 0 Å². The number of aliphatic hydroxyl groups excluding tert-OH is 1. The number of hydrogen-bond acceptors (Lipinski definition) is 7. The van der Waals surface area contributed by atoms with Crippen molar-refractivity contribution in [3.8, 4) is 0 Å². The molecule has 0 atom stereocenters. The predicted molar refractivity (Wildman–Crippen MR) is 73.5 cm³/mol. The van der Waals surface area contributed by atoms with Crippen LogP contribution in [0.3, 0.4) is 0 Å². The summed E-state index contributed by atoms with van der Waals surface area (Å²) in [6.45, 7) is -0.159. The average molecular weight is 342 g/mol. The van der Waals surface area contributed by atoms with E-state index in [1.165, 1.54) is 18.2 Å². The molecule has 2 heterocycles. The van der Waals surface area contributed by atoms with Gasteiger partial charge in [-0.05, 0) is 24.3 Å². The van der Waals surface area contributed by atoms with Gasteiger partial charge in [0, 0.05) is 0 Å². The molecule has 2 rings (SSSR count). The summed E-state index contributed by atoms with van der Waals surface area (Å²) in [6, 6.07) is 5.95. The molecule has 0 aliphatic carbocycles. The van der Waals surface area contributed by atoms with Crippen molar-refractivity contribution >= 4 is 18.9 Å². The molecule has 2 aromatic rings. The lowest BCUT2D eigenvalue weighted by atomic mass is 10.4. The molecular weight excluding hydrogens is 325 g/mol. The zero-order valence-corrected chi connectivity index (χ0v) is 11.8. The third-order valence-electron chi connectivity index (χ3n) is 1.83. The molecule has 23 heavy (non-hydrogen) atoms. The van der Waals surface area contributed by atoms with E-state index in [4.69, 9.17) is 14.2 Å². The molecule has 10 heteroatoms. The van der Waals surface area contributed by atoms with Crippen LogP contribution in [-0.2, 0) is 6.61 Å². The van der Waals surface area contributed by atoms with Gasteiger partial charge in [0.25, 0.3) is 1.45 Å². The number of carbonyl (C=O) groups excluding carboxylic acids is 3. The summed E-state index contributed by atoms with van der Waals surface area (Å²) in [4.78, 5) is 29.8. The van der Waals surface area contributed by atoms with Gasteiger partial charge in [0.15, 0.2) is 36.1 Å². The van der Waals surface area contributed by atoms with Gasteiger partial charge >= 0.3 is 0 Å². The van der Waals surface area contributed by atoms with Crippen molar-refractivity contribution in [2.75, 3.05) is 7.18 Å². The van der Waals surface area contributed by atoms with E-state index in [1.54, 1.807) is 6.07 Å². The monoisotopic (exact) mass is 342 g/mol. The normalized spacial score (nSPS) is 7.74. The van der Waals surface area contributed by atoms with E-state index in [2.05, 4.69) is 5.87 Å². The van der Waals surface area contributed by atoms with Gasteiger partial charge in [-0.15, -0.1) is 0 Å². The molecule has 0 aliphatic rings. The first-order chi connectivity index (χ1) is 10.7. The maximum Gasteiger partial charge on any atom is 0.269 e. The van der Waals surface area contributed by atoms with Gasteiger partial charge in [0.1, 0.15) is 12.4 Å². The van der Waals surface area contributed by atoms with Crippen LogP contribution >= 0.6 is 0 Å². The fourth-order valence-electron chi connectivity index (χ4n) is 1.04. The van der Waals surface area contributed by atoms with E-state index in [0.29, 0.717) is 31.8 Å². The molecule has 0 amide bonds. The Morgan fingerprint density at radius 3 is 1.52 bits per heavy atom. The average Bonchev–Trinajstić information content (AvgIpc) is 3.27. The second-order valence-electron chi connectivity index (χ2n) is 3.06. The number of rotatable bonds is 4. The number of hydrogen-bond donors (Lipinski definition) is 1. The topological polar surface area (TPSA) is 128 Å². The minimum absolute atomic E-state index is 0. The van der Waals surface area contributed by atoms with Crippen molar-refractivity contribution < 1.29 is 47.6 Å². The van der Waals surface area contributed by atoms with Crippen LogP contribution in [0.1, 0.15) is 37.4 Å². The molecule has 0 spiro atoms. The largest absolute Gasteiger partial charge is 0.870 e. The molecule has 0 saturated carbocycles. The summed E-state index contributed by atoms with van der Waals surface area (Å²) >= 11 is 0. The molecule has 0 saturated heterocycles. The van der Waals surface area contributed by atoms with Crippen LogP contribution in [0, 0.1) is 0 Å². The Labute approximate surface area is 130 Å². The number of aliphatic hydroxyl groups is 1. The Morgan fingerprint density at radius 1 is 0.957 bits per heavy atom. The summed E-state index contributed by atoms with van der Waals surface area (Å²) in [5, 5.41) is 8.44. The summed E-state index contributed by atoms with van der Waals surface area (Å²) in [5.74, 6) is 1.02. The van der Waals surface area contributed by atoms with Crippen LogP contribution in [0.25, 0.3) is 0 Å². The van der Waals surface area contributed by atoms with Crippen LogP contribution in [0.2, 0.25) is 0 Å². The van der Waals surface area contributed by atoms with Crippen LogP contribution in [0.4, 0.5) is 13.8 Å². The van der Waals surface area contributed by atoms with Gasteiger partial charge in [0.2, 0.25) is 0 Å². The summed E-state index contributed by atoms with van der Waals surface area (Å²) in [6.07, 6.45) is 1.69. The van der Waals surface area contributed by atoms with Crippen LogP contribution < -0.4 is 0 Å². The van der Waals surface area contributed by atoms with Crippen molar-refractivity contribution in [2.24, 2.45) is 0 Å². The van der Waals surface area contributed by atoms with Gasteiger partial charge in [0.05, 0.1) is 7.18 Å². The first-order valence-electron chi connectivity index (χ1n) is 5.64. The molecule has 0 aromatic carbocycles. The number of aldehydes is 3. The lowest BCUT2D eigenvalue weighted by Gasteiger charge is -1.82. The predicted octanol–water partition coefficient (Wildman–Crippen LogP) is 2.20. The Balaban J connectivity index is -0.000000129. The standard InChI is InChI=1S/C6H6O3.C6H4O3.CH3F.2FH.H2O/c2*7-3-5-1-2-6(4-8)9-5;1-2;;;/h1-3,8H,4H2;1-4H;1H3;2*1H;1H2/p-1/i/hD. The third-order valence-corrected chi connectivity index (χ3v) is 1.83. The van der Waals surface area contributed by atoms with Gasteiger partial charge in [-0.3, -0.25) is 28.2 Å². The zero-order valence-electron chi connectivity index (χ0n) is 12.8. The smallest absolute Gasteiger partial charge is 0.269 e. The molecule has 2 N–H and O–H groups in total. The summed E-state index contributed by atoms with van der Waals surface area (Å²) < 4.78 is 31.9. The minimum Gasteiger partial charge on any atom is -0.870 e. The first-order valence-corrected chi connectivity index (χ1v) is 5.26. The number of carbonyl (C=O) groups is 3. The van der Waals surface area contributed by atoms with Gasteiger partial charge in [-0.2, -0.15) is 0 Å². The number of alkyl halides is 1. The van der Waals surface area contributed by atoms with E-state index >= 15 is 0 Å². The fraction of sp³-hybridized carbons (Fsp3) is 0.154. The zero-order chi connectivity index (χ0) is 17.4. The minimum atomic E-state index is -0.159. The highest BCUT2D eigenvalue weighted by Gasteiger charge is 1.97. The van der Waals surface area contributed by atoms with E-state index in [1.807, 2.05) is 0 Å². The molecule has 0 radical (unpaired) electrons. The molecule has 0 aliphatic heterocycles. The molecule has 0 unspecified atom stereocenters. The maximum atomic E-state index is 9.96. The Bertz CT molecular complexity index is 521. The highest BCUT2D eigenvalue weighted by molar-refractivity contribution is 5.75. The maximum absolute atomic E-state index is 9.96. The van der Waals surface area contributed by atoms with Gasteiger partial charge in [-0.1, -0.05) is 0 Å². The second-order valence-corrected chi connectivity index (χ2v) is 3.06. The van der Waals surface area contributed by atoms with Crippen molar-refractivity contribution in [3.05, 3.63) is 47.3 Å². The SMILES string of the molecule is CF.F.O=Cc1ccc(C=O)o1.O=Cc1ccc(CO)o1.[2H]F.[OH-]. The fourth-order valence-corrected chi connectivity index (χ4v) is 1.04. The lowest BCUT2D eigenvalue weighted by molar-refractivity contribution is 0.107. The molecule has 0 fully saturated rings. The highest BCUT2D eigenvalue weighted by Crippen LogP contribution is 2.04. The number of halogens is 3. The third kappa shape index (κ3) is 10.6. The number of furan rings is 2. The Kier molecular flexibility index (Phi) is 19.0. The molecule has 7 nitrogen and oxygen atoms in total. The van der Waals surface area contributed by atoms with E-state index in [-0.39, 0.29) is 34.1 Å². The van der Waals surface area contributed by atoms with Gasteiger partial charge < -0.3 is 19.4 Å². The van der Waals surface area contributed by atoms with Crippen molar-refractivity contribution in [2.45, 2.75) is 6.61 Å². The van der Waals surface area contributed by atoms with E-state index in [9.17, 15) is 18.8 Å². The molecular formula is C13H16F3O7-. The summed E-state index contributed by atoms with van der Waals surface area (Å²) in [7, 11) is 0.500. The second kappa shape index (κ2) is 17.3. The quantitative estimate of drug-likeness (QED) is 0.843. The van der Waals surface area contributed by atoms with Crippen LogP contribution in [-0.4, -0.2) is 38.1 Å². The van der Waals surface area contributed by atoms with Crippen LogP contribution in [0.5, 0.6) is 0 Å². The summed E-state index contributed by atoms with van der Waals surface area (Å²) in [5.41, 5.74) is 0. The van der Waals surface area contributed by atoms with Crippen molar-refractivity contribution in [1.29, 1.82) is 1.45 Å².